The first-order valence-electron chi connectivity index (χ1n) is 5.63. The molecule has 0 aliphatic carbocycles. The van der Waals surface area contributed by atoms with Gasteiger partial charge in [-0.05, 0) is 56.0 Å². The predicted molar refractivity (Wildman–Crippen MR) is 73.0 cm³/mol. The Morgan fingerprint density at radius 1 is 1.25 bits per heavy atom. The lowest BCUT2D eigenvalue weighted by molar-refractivity contribution is 0.400. The fraction of sp³-hybridized carbons (Fsp3) is 0.583. The molecule has 0 unspecified atom stereocenters. The first-order valence-corrected chi connectivity index (χ1v) is 6.43. The average Bonchev–Trinajstić information content (AvgIpc) is 2.24. The van der Waals surface area contributed by atoms with Gasteiger partial charge in [-0.15, -0.1) is 0 Å². The highest BCUT2D eigenvalue weighted by Gasteiger charge is 2.04. The molecule has 0 aliphatic rings. The number of hydrogen-bond donors (Lipinski definition) is 0. The van der Waals surface area contributed by atoms with Crippen LogP contribution in [0, 0.1) is 0 Å². The van der Waals surface area contributed by atoms with Crippen molar-refractivity contribution in [3.05, 3.63) is 22.9 Å². The molecule has 0 aromatic carbocycles. The summed E-state index contributed by atoms with van der Waals surface area (Å²) in [5.41, 5.74) is 1.19. The molecule has 0 fully saturated rings. The molecule has 0 aliphatic heterocycles. The van der Waals surface area contributed by atoms with Gasteiger partial charge in [-0.1, -0.05) is 0 Å². The SMILES string of the molecule is CCN(CCCN(C)C)c1cncc(Br)c1. The molecular formula is C12H20BrN3. The van der Waals surface area contributed by atoms with Gasteiger partial charge >= 0.3 is 0 Å². The zero-order valence-corrected chi connectivity index (χ0v) is 11.9. The van der Waals surface area contributed by atoms with Crippen molar-refractivity contribution < 1.29 is 0 Å². The zero-order chi connectivity index (χ0) is 12.0. The first kappa shape index (κ1) is 13.5. The number of nitrogens with zero attached hydrogens (tertiary/aromatic N) is 3. The van der Waals surface area contributed by atoms with Gasteiger partial charge in [0.15, 0.2) is 0 Å². The lowest BCUT2D eigenvalue weighted by Crippen LogP contribution is -2.27. The van der Waals surface area contributed by atoms with Gasteiger partial charge < -0.3 is 9.80 Å². The van der Waals surface area contributed by atoms with Crippen LogP contribution in [0.5, 0.6) is 0 Å². The van der Waals surface area contributed by atoms with Crippen LogP contribution >= 0.6 is 15.9 Å². The topological polar surface area (TPSA) is 19.4 Å². The Labute approximate surface area is 107 Å². The van der Waals surface area contributed by atoms with Crippen LogP contribution in [0.25, 0.3) is 0 Å². The molecule has 16 heavy (non-hydrogen) atoms. The number of hydrogen-bond acceptors (Lipinski definition) is 3. The van der Waals surface area contributed by atoms with E-state index in [0.29, 0.717) is 0 Å². The molecule has 0 saturated heterocycles. The Bertz CT molecular complexity index is 315. The van der Waals surface area contributed by atoms with E-state index in [1.165, 1.54) is 12.1 Å². The van der Waals surface area contributed by atoms with E-state index in [-0.39, 0.29) is 0 Å². The maximum Gasteiger partial charge on any atom is 0.0563 e. The maximum absolute atomic E-state index is 4.20. The lowest BCUT2D eigenvalue weighted by Gasteiger charge is -2.23. The molecule has 0 saturated carbocycles. The summed E-state index contributed by atoms with van der Waals surface area (Å²) in [6, 6.07) is 2.12. The van der Waals surface area contributed by atoms with Crippen LogP contribution in [-0.2, 0) is 0 Å². The Morgan fingerprint density at radius 2 is 2.00 bits per heavy atom. The van der Waals surface area contributed by atoms with Crippen LogP contribution in [0.4, 0.5) is 5.69 Å². The van der Waals surface area contributed by atoms with Crippen LogP contribution < -0.4 is 4.90 Å². The van der Waals surface area contributed by atoms with Crippen molar-refractivity contribution in [2.45, 2.75) is 13.3 Å². The smallest absolute Gasteiger partial charge is 0.0563 e. The van der Waals surface area contributed by atoms with Crippen molar-refractivity contribution >= 4 is 21.6 Å². The van der Waals surface area contributed by atoms with E-state index in [0.717, 1.165) is 24.1 Å². The van der Waals surface area contributed by atoms with E-state index < -0.39 is 0 Å². The van der Waals surface area contributed by atoms with Crippen molar-refractivity contribution in [1.82, 2.24) is 9.88 Å². The second-order valence-corrected chi connectivity index (χ2v) is 5.01. The monoisotopic (exact) mass is 285 g/mol. The van der Waals surface area contributed by atoms with Crippen molar-refractivity contribution in [2.75, 3.05) is 38.6 Å². The van der Waals surface area contributed by atoms with Gasteiger partial charge in [0.2, 0.25) is 0 Å². The van der Waals surface area contributed by atoms with E-state index >= 15 is 0 Å². The summed E-state index contributed by atoms with van der Waals surface area (Å²) in [6.45, 7) is 5.40. The fourth-order valence-electron chi connectivity index (χ4n) is 1.62. The molecule has 0 N–H and O–H groups in total. The third-order valence-electron chi connectivity index (χ3n) is 2.47. The van der Waals surface area contributed by atoms with Crippen molar-refractivity contribution in [2.24, 2.45) is 0 Å². The van der Waals surface area contributed by atoms with Gasteiger partial charge in [0, 0.05) is 23.8 Å². The van der Waals surface area contributed by atoms with E-state index in [1.54, 1.807) is 0 Å². The Morgan fingerprint density at radius 3 is 2.56 bits per heavy atom. The van der Waals surface area contributed by atoms with Crippen LogP contribution in [0.3, 0.4) is 0 Å². The van der Waals surface area contributed by atoms with Crippen molar-refractivity contribution in [3.8, 4) is 0 Å². The van der Waals surface area contributed by atoms with Gasteiger partial charge in [-0.25, -0.2) is 0 Å². The maximum atomic E-state index is 4.20. The van der Waals surface area contributed by atoms with E-state index in [9.17, 15) is 0 Å². The van der Waals surface area contributed by atoms with E-state index in [4.69, 9.17) is 0 Å². The molecule has 1 rings (SSSR count). The third-order valence-corrected chi connectivity index (χ3v) is 2.90. The third kappa shape index (κ3) is 4.49. The minimum Gasteiger partial charge on any atom is -0.370 e. The fourth-order valence-corrected chi connectivity index (χ4v) is 1.97. The van der Waals surface area contributed by atoms with Crippen LogP contribution in [0.1, 0.15) is 13.3 Å². The number of anilines is 1. The summed E-state index contributed by atoms with van der Waals surface area (Å²) in [5, 5.41) is 0. The zero-order valence-electron chi connectivity index (χ0n) is 10.3. The predicted octanol–water partition coefficient (Wildman–Crippen LogP) is 2.62. The standard InChI is InChI=1S/C12H20BrN3/c1-4-16(7-5-6-15(2)3)12-8-11(13)9-14-10-12/h8-10H,4-7H2,1-3H3. The summed E-state index contributed by atoms with van der Waals surface area (Å²) in [7, 11) is 4.22. The lowest BCUT2D eigenvalue weighted by atomic mass is 10.3. The summed E-state index contributed by atoms with van der Waals surface area (Å²) >= 11 is 3.45. The molecule has 1 aromatic rings. The molecule has 0 atom stereocenters. The van der Waals surface area contributed by atoms with Crippen molar-refractivity contribution in [3.63, 3.8) is 0 Å². The second kappa shape index (κ2) is 6.86. The molecule has 4 heteroatoms. The quantitative estimate of drug-likeness (QED) is 0.801. The summed E-state index contributed by atoms with van der Waals surface area (Å²) in [6.07, 6.45) is 4.91. The average molecular weight is 286 g/mol. The minimum atomic E-state index is 1.02. The second-order valence-electron chi connectivity index (χ2n) is 4.10. The Hall–Kier alpha value is -0.610. The van der Waals surface area contributed by atoms with Gasteiger partial charge in [-0.2, -0.15) is 0 Å². The number of halogens is 1. The van der Waals surface area contributed by atoms with Crippen molar-refractivity contribution in [1.29, 1.82) is 0 Å². The highest BCUT2D eigenvalue weighted by atomic mass is 79.9. The van der Waals surface area contributed by atoms with E-state index in [1.807, 2.05) is 12.4 Å². The Kier molecular flexibility index (Phi) is 5.77. The van der Waals surface area contributed by atoms with Crippen LogP contribution in [0.2, 0.25) is 0 Å². The molecule has 1 heterocycles. The minimum absolute atomic E-state index is 1.02. The molecule has 0 amide bonds. The van der Waals surface area contributed by atoms with E-state index in [2.05, 4.69) is 57.8 Å². The Balaban J connectivity index is 2.53. The van der Waals surface area contributed by atoms with Gasteiger partial charge in [0.1, 0.15) is 0 Å². The molecule has 3 nitrogen and oxygen atoms in total. The molecule has 90 valence electrons. The molecular weight excluding hydrogens is 266 g/mol. The summed E-state index contributed by atoms with van der Waals surface area (Å²) in [4.78, 5) is 8.76. The van der Waals surface area contributed by atoms with Gasteiger partial charge in [-0.3, -0.25) is 4.98 Å². The van der Waals surface area contributed by atoms with Gasteiger partial charge in [0.25, 0.3) is 0 Å². The summed E-state index contributed by atoms with van der Waals surface area (Å²) < 4.78 is 1.04. The molecule has 1 aromatic heterocycles. The molecule has 0 radical (unpaired) electrons. The summed E-state index contributed by atoms with van der Waals surface area (Å²) in [5.74, 6) is 0. The normalized spacial score (nSPS) is 10.8. The van der Waals surface area contributed by atoms with Crippen LogP contribution in [0.15, 0.2) is 22.9 Å². The molecule has 0 bridgehead atoms. The highest BCUT2D eigenvalue weighted by Crippen LogP contribution is 2.18. The number of pyridine rings is 1. The number of aromatic nitrogens is 1. The number of rotatable bonds is 6. The molecule has 0 spiro atoms. The largest absolute Gasteiger partial charge is 0.370 e. The van der Waals surface area contributed by atoms with Gasteiger partial charge in [0.05, 0.1) is 11.9 Å². The highest BCUT2D eigenvalue weighted by molar-refractivity contribution is 9.10. The first-order chi connectivity index (χ1) is 7.63. The van der Waals surface area contributed by atoms with Crippen LogP contribution in [-0.4, -0.2) is 43.6 Å².